The second kappa shape index (κ2) is 5.85. The number of hydrogen-bond donors (Lipinski definition) is 2. The van der Waals surface area contributed by atoms with Gasteiger partial charge in [-0.2, -0.15) is 0 Å². The standard InChI is InChI=1S/C14H20FN3/c15-13-4-2-1-3-12(13)6-5-11-7-9-18(10-8-11)14(16)17/h1-4,11H,5-10H2,(H3,16,17). The zero-order valence-electron chi connectivity index (χ0n) is 10.5. The average Bonchev–Trinajstić information content (AvgIpc) is 2.38. The molecule has 0 bridgehead atoms. The lowest BCUT2D eigenvalue weighted by Crippen LogP contribution is -2.42. The molecule has 0 saturated carbocycles. The number of nitrogens with zero attached hydrogens (tertiary/aromatic N) is 1. The minimum Gasteiger partial charge on any atom is -0.370 e. The highest BCUT2D eigenvalue weighted by atomic mass is 19.1. The van der Waals surface area contributed by atoms with Crippen LogP contribution in [0.2, 0.25) is 0 Å². The van der Waals surface area contributed by atoms with Gasteiger partial charge in [0.2, 0.25) is 0 Å². The zero-order valence-corrected chi connectivity index (χ0v) is 10.5. The van der Waals surface area contributed by atoms with Crippen molar-refractivity contribution in [3.05, 3.63) is 35.6 Å². The van der Waals surface area contributed by atoms with Crippen molar-refractivity contribution in [2.24, 2.45) is 11.7 Å². The Kier molecular flexibility index (Phi) is 4.18. The molecule has 0 spiro atoms. The molecule has 1 saturated heterocycles. The number of hydrogen-bond acceptors (Lipinski definition) is 1. The summed E-state index contributed by atoms with van der Waals surface area (Å²) >= 11 is 0. The van der Waals surface area contributed by atoms with Crippen LogP contribution in [0.1, 0.15) is 24.8 Å². The first-order chi connectivity index (χ1) is 8.66. The van der Waals surface area contributed by atoms with Crippen LogP contribution in [-0.2, 0) is 6.42 Å². The second-order valence-corrected chi connectivity index (χ2v) is 4.95. The molecule has 4 heteroatoms. The fraction of sp³-hybridized carbons (Fsp3) is 0.500. The molecule has 0 amide bonds. The van der Waals surface area contributed by atoms with Gasteiger partial charge in [-0.3, -0.25) is 5.41 Å². The molecule has 98 valence electrons. The van der Waals surface area contributed by atoms with Gasteiger partial charge in [0.15, 0.2) is 5.96 Å². The Bertz CT molecular complexity index is 411. The summed E-state index contributed by atoms with van der Waals surface area (Å²) in [6, 6.07) is 6.99. The van der Waals surface area contributed by atoms with E-state index in [1.54, 1.807) is 6.07 Å². The zero-order chi connectivity index (χ0) is 13.0. The van der Waals surface area contributed by atoms with Gasteiger partial charge in [-0.05, 0) is 43.2 Å². The summed E-state index contributed by atoms with van der Waals surface area (Å²) in [6.07, 6.45) is 3.92. The Balaban J connectivity index is 1.79. The molecule has 3 nitrogen and oxygen atoms in total. The third-order valence-corrected chi connectivity index (χ3v) is 3.73. The van der Waals surface area contributed by atoms with E-state index < -0.39 is 0 Å². The summed E-state index contributed by atoms with van der Waals surface area (Å²) in [5.74, 6) is 0.696. The maximum Gasteiger partial charge on any atom is 0.188 e. The SMILES string of the molecule is N=C(N)N1CCC(CCc2ccccc2F)CC1. The summed E-state index contributed by atoms with van der Waals surface area (Å²) < 4.78 is 13.5. The van der Waals surface area contributed by atoms with Crippen molar-refractivity contribution in [2.75, 3.05) is 13.1 Å². The second-order valence-electron chi connectivity index (χ2n) is 4.95. The van der Waals surface area contributed by atoms with E-state index >= 15 is 0 Å². The van der Waals surface area contributed by atoms with Crippen LogP contribution < -0.4 is 5.73 Å². The molecular weight excluding hydrogens is 229 g/mol. The van der Waals surface area contributed by atoms with Crippen LogP contribution in [0.3, 0.4) is 0 Å². The van der Waals surface area contributed by atoms with Crippen LogP contribution in [0.4, 0.5) is 4.39 Å². The normalized spacial score (nSPS) is 16.8. The van der Waals surface area contributed by atoms with Gasteiger partial charge in [0.25, 0.3) is 0 Å². The number of guanidine groups is 1. The molecule has 2 rings (SSSR count). The lowest BCUT2D eigenvalue weighted by molar-refractivity contribution is 0.253. The lowest BCUT2D eigenvalue weighted by atomic mass is 9.90. The molecule has 0 radical (unpaired) electrons. The van der Waals surface area contributed by atoms with Crippen molar-refractivity contribution in [2.45, 2.75) is 25.7 Å². The van der Waals surface area contributed by atoms with Gasteiger partial charge in [0, 0.05) is 13.1 Å². The van der Waals surface area contributed by atoms with Gasteiger partial charge in [-0.15, -0.1) is 0 Å². The van der Waals surface area contributed by atoms with Crippen molar-refractivity contribution in [1.82, 2.24) is 4.90 Å². The maximum atomic E-state index is 13.5. The molecule has 1 fully saturated rings. The Labute approximate surface area is 107 Å². The van der Waals surface area contributed by atoms with Gasteiger partial charge in [0.1, 0.15) is 5.82 Å². The minimum absolute atomic E-state index is 0.0985. The van der Waals surface area contributed by atoms with Crippen molar-refractivity contribution in [3.8, 4) is 0 Å². The molecule has 0 atom stereocenters. The number of benzene rings is 1. The van der Waals surface area contributed by atoms with Gasteiger partial charge in [0.05, 0.1) is 0 Å². The molecule has 0 unspecified atom stereocenters. The molecule has 1 aromatic rings. The van der Waals surface area contributed by atoms with Crippen LogP contribution in [0.5, 0.6) is 0 Å². The minimum atomic E-state index is -0.0985. The predicted molar refractivity (Wildman–Crippen MR) is 70.9 cm³/mol. The van der Waals surface area contributed by atoms with Gasteiger partial charge in [-0.25, -0.2) is 4.39 Å². The van der Waals surface area contributed by atoms with Crippen LogP contribution in [-0.4, -0.2) is 23.9 Å². The predicted octanol–water partition coefficient (Wildman–Crippen LogP) is 2.36. The van der Waals surface area contributed by atoms with Gasteiger partial charge < -0.3 is 10.6 Å². The van der Waals surface area contributed by atoms with Crippen LogP contribution in [0.15, 0.2) is 24.3 Å². The quantitative estimate of drug-likeness (QED) is 0.638. The number of nitrogens with two attached hydrogens (primary N) is 1. The van der Waals surface area contributed by atoms with Crippen molar-refractivity contribution < 1.29 is 4.39 Å². The van der Waals surface area contributed by atoms with E-state index in [0.29, 0.717) is 5.92 Å². The number of halogens is 1. The highest BCUT2D eigenvalue weighted by molar-refractivity contribution is 5.74. The summed E-state index contributed by atoms with van der Waals surface area (Å²) in [7, 11) is 0. The molecule has 0 aliphatic carbocycles. The number of aryl methyl sites for hydroxylation is 1. The van der Waals surface area contributed by atoms with Crippen LogP contribution in [0.25, 0.3) is 0 Å². The number of rotatable bonds is 3. The van der Waals surface area contributed by atoms with E-state index in [1.165, 1.54) is 6.07 Å². The monoisotopic (exact) mass is 249 g/mol. The largest absolute Gasteiger partial charge is 0.370 e. The van der Waals surface area contributed by atoms with Crippen molar-refractivity contribution >= 4 is 5.96 Å². The van der Waals surface area contributed by atoms with Gasteiger partial charge >= 0.3 is 0 Å². The number of nitrogens with one attached hydrogen (secondary N) is 1. The van der Waals surface area contributed by atoms with Crippen molar-refractivity contribution in [1.29, 1.82) is 5.41 Å². The Hall–Kier alpha value is -1.58. The molecule has 1 aliphatic rings. The van der Waals surface area contributed by atoms with E-state index in [1.807, 2.05) is 17.0 Å². The highest BCUT2D eigenvalue weighted by Gasteiger charge is 2.19. The molecule has 3 N–H and O–H groups in total. The molecule has 1 aliphatic heterocycles. The highest BCUT2D eigenvalue weighted by Crippen LogP contribution is 2.22. The molecule has 0 aromatic heterocycles. The summed E-state index contributed by atoms with van der Waals surface area (Å²) in [6.45, 7) is 1.72. The first-order valence-corrected chi connectivity index (χ1v) is 6.49. The molecule has 1 aromatic carbocycles. The molecule has 18 heavy (non-hydrogen) atoms. The van der Waals surface area contributed by atoms with E-state index in [4.69, 9.17) is 11.1 Å². The van der Waals surface area contributed by atoms with Crippen LogP contribution >= 0.6 is 0 Å². The number of piperidine rings is 1. The first kappa shape index (κ1) is 12.9. The van der Waals surface area contributed by atoms with Crippen molar-refractivity contribution in [3.63, 3.8) is 0 Å². The van der Waals surface area contributed by atoms with Gasteiger partial charge in [-0.1, -0.05) is 18.2 Å². The molecule has 1 heterocycles. The first-order valence-electron chi connectivity index (χ1n) is 6.49. The third kappa shape index (κ3) is 3.22. The summed E-state index contributed by atoms with van der Waals surface area (Å²) in [4.78, 5) is 1.90. The average molecular weight is 249 g/mol. The Morgan fingerprint density at radius 3 is 2.61 bits per heavy atom. The maximum absolute atomic E-state index is 13.5. The van der Waals surface area contributed by atoms with E-state index in [2.05, 4.69) is 0 Å². The Morgan fingerprint density at radius 2 is 2.00 bits per heavy atom. The number of likely N-dealkylation sites (tertiary alicyclic amines) is 1. The fourth-order valence-electron chi connectivity index (χ4n) is 2.52. The fourth-order valence-corrected chi connectivity index (χ4v) is 2.52. The third-order valence-electron chi connectivity index (χ3n) is 3.73. The van der Waals surface area contributed by atoms with E-state index in [9.17, 15) is 4.39 Å². The van der Waals surface area contributed by atoms with Crippen LogP contribution in [0, 0.1) is 17.1 Å². The summed E-state index contributed by atoms with van der Waals surface area (Å²) in [5, 5.41) is 7.37. The lowest BCUT2D eigenvalue weighted by Gasteiger charge is -2.32. The topological polar surface area (TPSA) is 53.1 Å². The summed E-state index contributed by atoms with van der Waals surface area (Å²) in [5.41, 5.74) is 6.27. The van der Waals surface area contributed by atoms with E-state index in [0.717, 1.165) is 44.3 Å². The Morgan fingerprint density at radius 1 is 1.33 bits per heavy atom. The van der Waals surface area contributed by atoms with E-state index in [-0.39, 0.29) is 11.8 Å². The molecular formula is C14H20FN3. The smallest absolute Gasteiger partial charge is 0.188 e.